The number of aromatic nitrogens is 1. The first-order valence-corrected chi connectivity index (χ1v) is 11.4. The van der Waals surface area contributed by atoms with Crippen LogP contribution in [0.3, 0.4) is 0 Å². The number of carbonyl (C=O) groups is 1. The number of carbonyl (C=O) groups excluding carboxylic acids is 1. The second-order valence-corrected chi connectivity index (χ2v) is 8.74. The van der Waals surface area contributed by atoms with Crippen molar-refractivity contribution in [2.45, 2.75) is 43.2 Å². The summed E-state index contributed by atoms with van der Waals surface area (Å²) in [6, 6.07) is 6.91. The Kier molecular flexibility index (Phi) is 7.24. The van der Waals surface area contributed by atoms with Crippen LogP contribution in [0.15, 0.2) is 29.2 Å². The largest absolute Gasteiger partial charge is 0.434 e. The van der Waals surface area contributed by atoms with Crippen molar-refractivity contribution < 1.29 is 26.7 Å². The van der Waals surface area contributed by atoms with Crippen molar-refractivity contribution in [2.24, 2.45) is 0 Å². The molecule has 3 rings (SSSR count). The van der Waals surface area contributed by atoms with Crippen LogP contribution in [0.1, 0.15) is 40.9 Å². The lowest BCUT2D eigenvalue weighted by Crippen LogP contribution is -2.31. The number of nitrogens with zero attached hydrogens (tertiary/aromatic N) is 2. The first-order chi connectivity index (χ1) is 14.9. The summed E-state index contributed by atoms with van der Waals surface area (Å²) in [6.07, 6.45) is -3.89. The topological polar surface area (TPSA) is 45.2 Å². The molecule has 174 valence electrons. The molecular formula is C21H21ClF5N3OS. The third-order valence-electron chi connectivity index (χ3n) is 5.19. The molecule has 2 heterocycles. The average Bonchev–Trinajstić information content (AvgIpc) is 2.89. The number of rotatable bonds is 4. The third kappa shape index (κ3) is 5.46. The number of hydrogen-bond donors (Lipinski definition) is 1. The molecule has 1 aliphatic rings. The zero-order valence-corrected chi connectivity index (χ0v) is 18.9. The molecule has 2 aromatic rings. The van der Waals surface area contributed by atoms with Gasteiger partial charge in [-0.1, -0.05) is 17.7 Å². The zero-order valence-electron chi connectivity index (χ0n) is 17.3. The van der Waals surface area contributed by atoms with E-state index in [4.69, 9.17) is 11.6 Å². The molecule has 11 heteroatoms. The van der Waals surface area contributed by atoms with E-state index in [1.165, 1.54) is 23.6 Å². The standard InChI is InChI=1S/C21H21ClF5N3OS/c1-12-15(19(31)28-13-5-3-6-14(11-13)32-2)18(29-17(16(12)22)21(25,26)27)30-9-4-7-20(23,24)8-10-30/h3,5-6,11H,4,7-10H2,1-2H3,(H,28,31). The number of alkyl halides is 5. The molecule has 0 aliphatic carbocycles. The number of pyridine rings is 1. The monoisotopic (exact) mass is 493 g/mol. The van der Waals surface area contributed by atoms with Gasteiger partial charge in [0, 0.05) is 36.5 Å². The lowest BCUT2D eigenvalue weighted by atomic mass is 10.1. The Bertz CT molecular complexity index is 1020. The van der Waals surface area contributed by atoms with E-state index in [0.29, 0.717) is 5.69 Å². The van der Waals surface area contributed by atoms with Gasteiger partial charge in [-0.2, -0.15) is 13.2 Å². The number of amides is 1. The van der Waals surface area contributed by atoms with Gasteiger partial charge in [0.1, 0.15) is 5.82 Å². The first-order valence-electron chi connectivity index (χ1n) is 9.78. The molecule has 0 unspecified atom stereocenters. The van der Waals surface area contributed by atoms with Crippen molar-refractivity contribution in [2.75, 3.05) is 29.6 Å². The van der Waals surface area contributed by atoms with Gasteiger partial charge in [0.2, 0.25) is 5.92 Å². The maximum Gasteiger partial charge on any atom is 0.434 e. The Morgan fingerprint density at radius 2 is 1.97 bits per heavy atom. The van der Waals surface area contributed by atoms with E-state index in [2.05, 4.69) is 10.3 Å². The Hall–Kier alpha value is -2.07. The SMILES string of the molecule is CSc1cccc(NC(=O)c2c(N3CCCC(F)(F)CC3)nc(C(F)(F)F)c(Cl)c2C)c1. The minimum atomic E-state index is -4.87. The quantitative estimate of drug-likeness (QED) is 0.382. The molecule has 1 aromatic carbocycles. The molecule has 4 nitrogen and oxygen atoms in total. The van der Waals surface area contributed by atoms with Gasteiger partial charge < -0.3 is 10.2 Å². The summed E-state index contributed by atoms with van der Waals surface area (Å²) >= 11 is 7.42. The smallest absolute Gasteiger partial charge is 0.356 e. The van der Waals surface area contributed by atoms with E-state index >= 15 is 0 Å². The van der Waals surface area contributed by atoms with Gasteiger partial charge in [-0.3, -0.25) is 4.79 Å². The van der Waals surface area contributed by atoms with Crippen molar-refractivity contribution in [3.63, 3.8) is 0 Å². The lowest BCUT2D eigenvalue weighted by molar-refractivity contribution is -0.141. The fraction of sp³-hybridized carbons (Fsp3) is 0.429. The Morgan fingerprint density at radius 3 is 2.62 bits per heavy atom. The van der Waals surface area contributed by atoms with Crippen LogP contribution in [0.4, 0.5) is 33.5 Å². The molecule has 0 radical (unpaired) electrons. The van der Waals surface area contributed by atoms with Crippen LogP contribution in [-0.2, 0) is 6.18 Å². The molecule has 0 saturated carbocycles. The Labute approximate surface area is 191 Å². The van der Waals surface area contributed by atoms with Gasteiger partial charge in [-0.25, -0.2) is 13.8 Å². The molecular weight excluding hydrogens is 473 g/mol. The normalized spacial score (nSPS) is 16.6. The highest BCUT2D eigenvalue weighted by Crippen LogP contribution is 2.40. The van der Waals surface area contributed by atoms with Crippen LogP contribution in [-0.4, -0.2) is 36.2 Å². The predicted octanol–water partition coefficient (Wildman–Crippen LogP) is 6.66. The third-order valence-corrected chi connectivity index (χ3v) is 6.38. The molecule has 1 N–H and O–H groups in total. The maximum atomic E-state index is 13.9. The summed E-state index contributed by atoms with van der Waals surface area (Å²) in [4.78, 5) is 19.0. The molecule has 1 amide bonds. The van der Waals surface area contributed by atoms with Gasteiger partial charge in [0.15, 0.2) is 5.69 Å². The Morgan fingerprint density at radius 1 is 1.25 bits per heavy atom. The summed E-state index contributed by atoms with van der Waals surface area (Å²) in [5, 5.41) is 1.97. The van der Waals surface area contributed by atoms with Crippen LogP contribution in [0.2, 0.25) is 5.02 Å². The second-order valence-electron chi connectivity index (χ2n) is 7.48. The molecule has 1 aromatic heterocycles. The van der Waals surface area contributed by atoms with Gasteiger partial charge in [-0.05, 0) is 43.4 Å². The molecule has 1 fully saturated rings. The number of anilines is 2. The van der Waals surface area contributed by atoms with E-state index in [0.717, 1.165) is 4.90 Å². The van der Waals surface area contributed by atoms with Crippen molar-refractivity contribution in [1.29, 1.82) is 0 Å². The first kappa shape index (κ1) is 24.6. The molecule has 0 bridgehead atoms. The Balaban J connectivity index is 2.08. The molecule has 1 aliphatic heterocycles. The average molecular weight is 494 g/mol. The maximum absolute atomic E-state index is 13.9. The van der Waals surface area contributed by atoms with Gasteiger partial charge >= 0.3 is 6.18 Å². The highest BCUT2D eigenvalue weighted by Gasteiger charge is 2.40. The molecule has 32 heavy (non-hydrogen) atoms. The minimum absolute atomic E-state index is 0.0448. The number of benzene rings is 1. The van der Waals surface area contributed by atoms with Crippen molar-refractivity contribution in [3.05, 3.63) is 46.1 Å². The predicted molar refractivity (Wildman–Crippen MR) is 116 cm³/mol. The summed E-state index contributed by atoms with van der Waals surface area (Å²) < 4.78 is 68.4. The second kappa shape index (κ2) is 9.43. The van der Waals surface area contributed by atoms with Crippen molar-refractivity contribution in [3.8, 4) is 0 Å². The summed E-state index contributed by atoms with van der Waals surface area (Å²) in [7, 11) is 0. The highest BCUT2D eigenvalue weighted by atomic mass is 35.5. The van der Waals surface area contributed by atoms with E-state index in [9.17, 15) is 26.7 Å². The van der Waals surface area contributed by atoms with Crippen LogP contribution in [0.5, 0.6) is 0 Å². The van der Waals surface area contributed by atoms with E-state index in [-0.39, 0.29) is 42.9 Å². The van der Waals surface area contributed by atoms with E-state index in [1.807, 2.05) is 12.3 Å². The summed E-state index contributed by atoms with van der Waals surface area (Å²) in [6.45, 7) is 1.10. The lowest BCUT2D eigenvalue weighted by Gasteiger charge is -2.27. The van der Waals surface area contributed by atoms with Crippen LogP contribution in [0, 0.1) is 6.92 Å². The summed E-state index contributed by atoms with van der Waals surface area (Å²) in [5.41, 5.74) is -1.18. The molecule has 1 saturated heterocycles. The number of hydrogen-bond acceptors (Lipinski definition) is 4. The van der Waals surface area contributed by atoms with Crippen molar-refractivity contribution >= 4 is 40.8 Å². The van der Waals surface area contributed by atoms with Gasteiger partial charge in [0.25, 0.3) is 5.91 Å². The minimum Gasteiger partial charge on any atom is -0.356 e. The van der Waals surface area contributed by atoms with Gasteiger partial charge in [-0.15, -0.1) is 11.8 Å². The van der Waals surface area contributed by atoms with Crippen LogP contribution in [0.25, 0.3) is 0 Å². The fourth-order valence-corrected chi connectivity index (χ4v) is 4.23. The number of nitrogens with one attached hydrogen (secondary N) is 1. The van der Waals surface area contributed by atoms with E-state index < -0.39 is 35.1 Å². The zero-order chi connectivity index (χ0) is 23.7. The van der Waals surface area contributed by atoms with Crippen LogP contribution < -0.4 is 10.2 Å². The van der Waals surface area contributed by atoms with E-state index in [1.54, 1.807) is 18.2 Å². The van der Waals surface area contributed by atoms with Gasteiger partial charge in [0.05, 0.1) is 10.6 Å². The summed E-state index contributed by atoms with van der Waals surface area (Å²) in [5.74, 6) is -3.94. The molecule has 0 spiro atoms. The molecule has 0 atom stereocenters. The van der Waals surface area contributed by atoms with Crippen LogP contribution >= 0.6 is 23.4 Å². The fourth-order valence-electron chi connectivity index (χ4n) is 3.52. The number of thioether (sulfide) groups is 1. The highest BCUT2D eigenvalue weighted by molar-refractivity contribution is 7.98. The van der Waals surface area contributed by atoms with Crippen molar-refractivity contribution in [1.82, 2.24) is 4.98 Å². The number of halogens is 6.